The molecule has 0 amide bonds. The lowest BCUT2D eigenvalue weighted by Crippen LogP contribution is -2.38. The van der Waals surface area contributed by atoms with Gasteiger partial charge >= 0.3 is 5.97 Å². The summed E-state index contributed by atoms with van der Waals surface area (Å²) >= 11 is 1.78. The number of carboxylic acids is 1. The third kappa shape index (κ3) is 1.99. The number of thioether (sulfide) groups is 1. The maximum atomic E-state index is 10.7. The number of rotatable bonds is 2. The first-order valence-corrected chi connectivity index (χ1v) is 5.92. The molecule has 0 unspecified atom stereocenters. The Morgan fingerprint density at radius 2 is 2.08 bits per heavy atom. The summed E-state index contributed by atoms with van der Waals surface area (Å²) in [6.45, 7) is 0. The van der Waals surface area contributed by atoms with Crippen molar-refractivity contribution in [3.8, 4) is 0 Å². The number of nitrogens with one attached hydrogen (secondary N) is 1. The van der Waals surface area contributed by atoms with Crippen molar-refractivity contribution in [1.29, 1.82) is 0 Å². The second kappa shape index (κ2) is 3.88. The topological polar surface area (TPSA) is 49.3 Å². The molecule has 1 saturated heterocycles. The van der Waals surface area contributed by atoms with E-state index in [0.29, 0.717) is 11.3 Å². The quantitative estimate of drug-likeness (QED) is 0.707. The largest absolute Gasteiger partial charge is 0.480 e. The van der Waals surface area contributed by atoms with E-state index in [4.69, 9.17) is 5.11 Å². The molecule has 2 aliphatic rings. The molecular formula is C9H15NO2S. The van der Waals surface area contributed by atoms with Crippen LogP contribution in [0.1, 0.15) is 25.7 Å². The molecule has 1 aliphatic heterocycles. The van der Waals surface area contributed by atoms with E-state index in [9.17, 15) is 4.79 Å². The van der Waals surface area contributed by atoms with Gasteiger partial charge in [0.05, 0.1) is 5.37 Å². The summed E-state index contributed by atoms with van der Waals surface area (Å²) in [4.78, 5) is 10.7. The van der Waals surface area contributed by atoms with Gasteiger partial charge in [0.2, 0.25) is 0 Å². The number of hydrogen-bond acceptors (Lipinski definition) is 3. The number of carboxylic acid groups (broad SMARTS) is 1. The molecule has 1 heterocycles. The predicted molar refractivity (Wildman–Crippen MR) is 52.8 cm³/mol. The Kier molecular flexibility index (Phi) is 2.79. The summed E-state index contributed by atoms with van der Waals surface area (Å²) < 4.78 is 0. The zero-order valence-electron chi connectivity index (χ0n) is 7.53. The Morgan fingerprint density at radius 3 is 2.62 bits per heavy atom. The lowest BCUT2D eigenvalue weighted by atomic mass is 10.1. The van der Waals surface area contributed by atoms with Gasteiger partial charge in [0.25, 0.3) is 0 Å². The molecule has 2 atom stereocenters. The van der Waals surface area contributed by atoms with Crippen LogP contribution in [-0.2, 0) is 4.79 Å². The smallest absolute Gasteiger partial charge is 0.321 e. The van der Waals surface area contributed by atoms with E-state index in [2.05, 4.69) is 5.32 Å². The third-order valence-electron chi connectivity index (χ3n) is 2.93. The monoisotopic (exact) mass is 201 g/mol. The van der Waals surface area contributed by atoms with Crippen molar-refractivity contribution in [1.82, 2.24) is 5.32 Å². The molecule has 0 aromatic rings. The van der Waals surface area contributed by atoms with E-state index in [1.54, 1.807) is 11.8 Å². The van der Waals surface area contributed by atoms with Gasteiger partial charge in [0, 0.05) is 5.75 Å². The minimum Gasteiger partial charge on any atom is -0.480 e. The van der Waals surface area contributed by atoms with Crippen molar-refractivity contribution in [2.24, 2.45) is 5.92 Å². The Hall–Kier alpha value is -0.220. The van der Waals surface area contributed by atoms with Crippen molar-refractivity contribution in [3.63, 3.8) is 0 Å². The van der Waals surface area contributed by atoms with Gasteiger partial charge in [0.15, 0.2) is 0 Å². The fraction of sp³-hybridized carbons (Fsp3) is 0.889. The van der Waals surface area contributed by atoms with Gasteiger partial charge in [-0.3, -0.25) is 10.1 Å². The number of carbonyl (C=O) groups is 1. The van der Waals surface area contributed by atoms with Crippen LogP contribution in [0.15, 0.2) is 0 Å². The van der Waals surface area contributed by atoms with Crippen molar-refractivity contribution < 1.29 is 9.90 Å². The summed E-state index contributed by atoms with van der Waals surface area (Å²) in [5.41, 5.74) is 0. The van der Waals surface area contributed by atoms with Crippen LogP contribution < -0.4 is 5.32 Å². The first-order chi connectivity index (χ1) is 6.27. The summed E-state index contributed by atoms with van der Waals surface area (Å²) in [6.07, 6.45) is 5.19. The summed E-state index contributed by atoms with van der Waals surface area (Å²) in [7, 11) is 0. The number of aliphatic carboxylic acids is 1. The third-order valence-corrected chi connectivity index (χ3v) is 4.34. The van der Waals surface area contributed by atoms with E-state index < -0.39 is 5.97 Å². The molecule has 0 bridgehead atoms. The Labute approximate surface area is 82.3 Å². The van der Waals surface area contributed by atoms with Gasteiger partial charge in [-0.15, -0.1) is 11.8 Å². The van der Waals surface area contributed by atoms with Crippen LogP contribution in [0.25, 0.3) is 0 Å². The fourth-order valence-corrected chi connectivity index (χ4v) is 3.61. The van der Waals surface area contributed by atoms with Gasteiger partial charge in [-0.05, 0) is 18.8 Å². The van der Waals surface area contributed by atoms with Gasteiger partial charge in [-0.2, -0.15) is 0 Å². The van der Waals surface area contributed by atoms with Crippen molar-refractivity contribution in [3.05, 3.63) is 0 Å². The van der Waals surface area contributed by atoms with Crippen LogP contribution >= 0.6 is 11.8 Å². The highest BCUT2D eigenvalue weighted by atomic mass is 32.2. The second-order valence-corrected chi connectivity index (χ2v) is 5.03. The fourth-order valence-electron chi connectivity index (χ4n) is 2.17. The minimum atomic E-state index is -0.701. The normalized spacial score (nSPS) is 35.4. The first-order valence-electron chi connectivity index (χ1n) is 4.88. The molecule has 2 fully saturated rings. The molecule has 0 aromatic carbocycles. The molecule has 1 saturated carbocycles. The van der Waals surface area contributed by atoms with E-state index in [1.807, 2.05) is 0 Å². The van der Waals surface area contributed by atoms with Crippen LogP contribution in [0.5, 0.6) is 0 Å². The lowest BCUT2D eigenvalue weighted by molar-refractivity contribution is -0.138. The number of hydrogen-bond donors (Lipinski definition) is 2. The van der Waals surface area contributed by atoms with Crippen LogP contribution in [0.2, 0.25) is 0 Å². The highest BCUT2D eigenvalue weighted by Gasteiger charge is 2.35. The maximum Gasteiger partial charge on any atom is 0.321 e. The van der Waals surface area contributed by atoms with Gasteiger partial charge in [-0.25, -0.2) is 0 Å². The molecule has 2 rings (SSSR count). The molecular weight excluding hydrogens is 186 g/mol. The average molecular weight is 201 g/mol. The standard InChI is InChI=1S/C9H15NO2S/c11-9(12)7-5-13-8(10-7)6-3-1-2-4-6/h6-8,10H,1-5H2,(H,11,12)/t7-,8+/m0/s1. The molecule has 1 aliphatic carbocycles. The molecule has 2 N–H and O–H groups in total. The van der Waals surface area contributed by atoms with Crippen molar-refractivity contribution in [2.75, 3.05) is 5.75 Å². The summed E-state index contributed by atoms with van der Waals surface area (Å²) in [6, 6.07) is -0.310. The van der Waals surface area contributed by atoms with E-state index >= 15 is 0 Å². The van der Waals surface area contributed by atoms with Gasteiger partial charge in [-0.1, -0.05) is 12.8 Å². The lowest BCUT2D eigenvalue weighted by Gasteiger charge is -2.17. The second-order valence-electron chi connectivity index (χ2n) is 3.86. The Morgan fingerprint density at radius 1 is 1.38 bits per heavy atom. The molecule has 4 heteroatoms. The van der Waals surface area contributed by atoms with Crippen LogP contribution in [-0.4, -0.2) is 28.2 Å². The predicted octanol–water partition coefficient (Wildman–Crippen LogP) is 1.29. The Balaban J connectivity index is 1.86. The first kappa shape index (κ1) is 9.34. The molecule has 0 radical (unpaired) electrons. The van der Waals surface area contributed by atoms with Crippen molar-refractivity contribution in [2.45, 2.75) is 37.1 Å². The highest BCUT2D eigenvalue weighted by Crippen LogP contribution is 2.35. The zero-order chi connectivity index (χ0) is 9.26. The molecule has 3 nitrogen and oxygen atoms in total. The Bertz CT molecular complexity index is 204. The molecule has 74 valence electrons. The molecule has 13 heavy (non-hydrogen) atoms. The average Bonchev–Trinajstić information content (AvgIpc) is 2.75. The van der Waals surface area contributed by atoms with Gasteiger partial charge < -0.3 is 5.11 Å². The SMILES string of the molecule is O=C(O)[C@@H]1CS[C@H](C2CCCC2)N1. The van der Waals surface area contributed by atoms with Crippen LogP contribution in [0, 0.1) is 5.92 Å². The van der Waals surface area contributed by atoms with Crippen molar-refractivity contribution >= 4 is 17.7 Å². The van der Waals surface area contributed by atoms with E-state index in [0.717, 1.165) is 5.75 Å². The van der Waals surface area contributed by atoms with Gasteiger partial charge in [0.1, 0.15) is 6.04 Å². The van der Waals surface area contributed by atoms with Crippen LogP contribution in [0.4, 0.5) is 0 Å². The summed E-state index contributed by atoms with van der Waals surface area (Å²) in [5.74, 6) is 0.749. The molecule has 0 spiro atoms. The maximum absolute atomic E-state index is 10.7. The van der Waals surface area contributed by atoms with E-state index in [1.165, 1.54) is 25.7 Å². The minimum absolute atomic E-state index is 0.310. The summed E-state index contributed by atoms with van der Waals surface area (Å²) in [5, 5.41) is 12.4. The van der Waals surface area contributed by atoms with Crippen LogP contribution in [0.3, 0.4) is 0 Å². The molecule has 0 aromatic heterocycles. The zero-order valence-corrected chi connectivity index (χ0v) is 8.35. The highest BCUT2D eigenvalue weighted by molar-refractivity contribution is 8.00. The van der Waals surface area contributed by atoms with E-state index in [-0.39, 0.29) is 6.04 Å².